The molecule has 9 nitrogen and oxygen atoms in total. The lowest BCUT2D eigenvalue weighted by Crippen LogP contribution is -2.36. The number of ether oxygens (including phenoxy) is 1. The van der Waals surface area contributed by atoms with Crippen LogP contribution in [0.15, 0.2) is 12.7 Å². The van der Waals surface area contributed by atoms with Gasteiger partial charge in [-0.25, -0.2) is 9.59 Å². The fourth-order valence-electron chi connectivity index (χ4n) is 6.62. The molecule has 2 aliphatic heterocycles. The molecule has 0 aromatic heterocycles. The van der Waals surface area contributed by atoms with E-state index in [2.05, 4.69) is 27.4 Å². The van der Waals surface area contributed by atoms with Crippen LogP contribution in [-0.2, 0) is 14.3 Å². The van der Waals surface area contributed by atoms with Gasteiger partial charge in [0.05, 0.1) is 0 Å². The number of carbonyl (C=O) groups is 4. The molecule has 1 atom stereocenters. The predicted octanol–water partition coefficient (Wildman–Crippen LogP) is 6.86. The Labute approximate surface area is 261 Å². The molecule has 0 N–H and O–H groups in total. The first-order chi connectivity index (χ1) is 20.6. The molecule has 2 fully saturated rings. The maximum Gasteiger partial charge on any atom is 0.327 e. The van der Waals surface area contributed by atoms with Crippen LogP contribution in [0.3, 0.4) is 0 Å². The number of imide groups is 2. The molecule has 2 heterocycles. The predicted molar refractivity (Wildman–Crippen MR) is 172 cm³/mol. The molecule has 0 saturated carbocycles. The van der Waals surface area contributed by atoms with E-state index < -0.39 is 0 Å². The Bertz CT molecular complexity index is 920. The maximum absolute atomic E-state index is 12.4. The van der Waals surface area contributed by atoms with Crippen LogP contribution in [0.1, 0.15) is 118 Å². The normalized spacial score (nSPS) is 17.5. The summed E-state index contributed by atoms with van der Waals surface area (Å²) < 4.78 is 5.98. The van der Waals surface area contributed by atoms with Gasteiger partial charge in [0.1, 0.15) is 13.1 Å². The Morgan fingerprint density at radius 2 is 1.14 bits per heavy atom. The summed E-state index contributed by atoms with van der Waals surface area (Å²) in [6.45, 7) is 18.7. The van der Waals surface area contributed by atoms with Gasteiger partial charge in [-0.2, -0.15) is 0 Å². The highest BCUT2D eigenvalue weighted by Crippen LogP contribution is 2.38. The lowest BCUT2D eigenvalue weighted by Gasteiger charge is -2.32. The molecule has 246 valence electrons. The molecular weight excluding hydrogens is 544 g/mol. The number of urea groups is 2. The van der Waals surface area contributed by atoms with E-state index in [0.29, 0.717) is 31.6 Å². The van der Waals surface area contributed by atoms with E-state index in [-0.39, 0.29) is 42.4 Å². The van der Waals surface area contributed by atoms with Gasteiger partial charge in [0.25, 0.3) is 0 Å². The van der Waals surface area contributed by atoms with Gasteiger partial charge in [0.2, 0.25) is 11.8 Å². The van der Waals surface area contributed by atoms with Crippen LogP contribution in [0.4, 0.5) is 9.59 Å². The van der Waals surface area contributed by atoms with Crippen molar-refractivity contribution in [2.45, 2.75) is 118 Å². The van der Waals surface area contributed by atoms with E-state index in [0.717, 1.165) is 90.3 Å². The number of likely N-dealkylation sites (N-methyl/N-ethyl adjacent to an activating group) is 2. The summed E-state index contributed by atoms with van der Waals surface area (Å²) in [5.41, 5.74) is 0.251. The maximum atomic E-state index is 12.4. The first kappa shape index (κ1) is 36.8. The quantitative estimate of drug-likeness (QED) is 0.0682. The van der Waals surface area contributed by atoms with Crippen molar-refractivity contribution < 1.29 is 23.9 Å². The van der Waals surface area contributed by atoms with Crippen molar-refractivity contribution in [3.05, 3.63) is 12.7 Å². The molecule has 2 aliphatic rings. The fraction of sp³-hybridized carbons (Fsp3) is 0.824. The van der Waals surface area contributed by atoms with Crippen LogP contribution in [0, 0.1) is 10.8 Å². The minimum atomic E-state index is -0.165. The second kappa shape index (κ2) is 18.4. The van der Waals surface area contributed by atoms with E-state index in [9.17, 15) is 19.2 Å². The van der Waals surface area contributed by atoms with Gasteiger partial charge < -0.3 is 14.5 Å². The molecule has 0 radical (unpaired) electrons. The average molecular weight is 605 g/mol. The summed E-state index contributed by atoms with van der Waals surface area (Å²) in [5.74, 6) is -0.160. The second-order valence-corrected chi connectivity index (χ2v) is 12.5. The molecular formula is C34H60N4O5. The molecule has 0 spiro atoms. The van der Waals surface area contributed by atoms with Gasteiger partial charge in [-0.15, -0.1) is 6.58 Å². The van der Waals surface area contributed by atoms with Gasteiger partial charge >= 0.3 is 12.1 Å². The zero-order valence-electron chi connectivity index (χ0n) is 28.0. The number of amides is 6. The summed E-state index contributed by atoms with van der Waals surface area (Å²) in [7, 11) is 0. The van der Waals surface area contributed by atoms with E-state index in [1.54, 1.807) is 9.80 Å². The van der Waals surface area contributed by atoms with Crippen LogP contribution >= 0.6 is 0 Å². The van der Waals surface area contributed by atoms with E-state index in [1.165, 1.54) is 16.2 Å². The third kappa shape index (κ3) is 10.3. The first-order valence-corrected chi connectivity index (χ1v) is 17.0. The van der Waals surface area contributed by atoms with Gasteiger partial charge in [-0.1, -0.05) is 59.0 Å². The summed E-state index contributed by atoms with van der Waals surface area (Å²) in [5, 5.41) is 0. The zero-order chi connectivity index (χ0) is 31.9. The van der Waals surface area contributed by atoms with Crippen molar-refractivity contribution in [1.29, 1.82) is 0 Å². The highest BCUT2D eigenvalue weighted by molar-refractivity contribution is 6.02. The number of carbonyl (C=O) groups excluding carboxylic acids is 4. The molecule has 2 rings (SSSR count). The third-order valence-corrected chi connectivity index (χ3v) is 10.3. The van der Waals surface area contributed by atoms with E-state index >= 15 is 0 Å². The average Bonchev–Trinajstić information content (AvgIpc) is 3.46. The first-order valence-electron chi connectivity index (χ1n) is 17.0. The number of nitrogens with zero attached hydrogens (tertiary/aromatic N) is 4. The number of unbranched alkanes of at least 4 members (excludes halogenated alkanes) is 3. The molecule has 6 amide bonds. The van der Waals surface area contributed by atoms with Gasteiger partial charge in [0, 0.05) is 39.4 Å². The standard InChI is InChI=1S/C34H60N4O5/c1-7-33(8-2,19-13-16-23-37-29(39)27-35(11-5)31(37)41)20-14-17-25-43-26-18-15-21-34(9-3,10-4)22-24-38-30(40)28-36(12-6)32(38)42/h9H,3,7-8,10-28H2,1-2,4-6H3. The highest BCUT2D eigenvalue weighted by Gasteiger charge is 2.37. The topological polar surface area (TPSA) is 90.5 Å². The molecule has 0 aromatic rings. The molecule has 0 aliphatic carbocycles. The largest absolute Gasteiger partial charge is 0.381 e. The minimum absolute atomic E-state index is 0.0639. The monoisotopic (exact) mass is 604 g/mol. The Morgan fingerprint density at radius 3 is 1.58 bits per heavy atom. The van der Waals surface area contributed by atoms with Gasteiger partial charge in [-0.05, 0) is 76.0 Å². The Balaban J connectivity index is 1.61. The van der Waals surface area contributed by atoms with Crippen molar-refractivity contribution in [2.75, 3.05) is 52.5 Å². The molecule has 43 heavy (non-hydrogen) atoms. The summed E-state index contributed by atoms with van der Waals surface area (Å²) >= 11 is 0. The summed E-state index contributed by atoms with van der Waals surface area (Å²) in [6.07, 6.45) is 15.5. The van der Waals surface area contributed by atoms with Gasteiger partial charge in [-0.3, -0.25) is 19.4 Å². The Kier molecular flexibility index (Phi) is 15.7. The van der Waals surface area contributed by atoms with E-state index in [4.69, 9.17) is 4.74 Å². The highest BCUT2D eigenvalue weighted by atomic mass is 16.5. The molecule has 2 saturated heterocycles. The fourth-order valence-corrected chi connectivity index (χ4v) is 6.62. The minimum Gasteiger partial charge on any atom is -0.381 e. The summed E-state index contributed by atoms with van der Waals surface area (Å²) in [6, 6.07) is -0.298. The third-order valence-electron chi connectivity index (χ3n) is 10.3. The number of hydrogen-bond acceptors (Lipinski definition) is 5. The molecule has 9 heteroatoms. The summed E-state index contributed by atoms with van der Waals surface area (Å²) in [4.78, 5) is 55.2. The number of allylic oxidation sites excluding steroid dienone is 1. The van der Waals surface area contributed by atoms with Crippen LogP contribution in [-0.4, -0.2) is 96.0 Å². The smallest absolute Gasteiger partial charge is 0.327 e. The van der Waals surface area contributed by atoms with Crippen LogP contribution in [0.5, 0.6) is 0 Å². The van der Waals surface area contributed by atoms with Crippen molar-refractivity contribution in [2.24, 2.45) is 10.8 Å². The van der Waals surface area contributed by atoms with Gasteiger partial charge in [0.15, 0.2) is 0 Å². The van der Waals surface area contributed by atoms with E-state index in [1.807, 2.05) is 19.9 Å². The Morgan fingerprint density at radius 1 is 0.651 bits per heavy atom. The Hall–Kier alpha value is -2.42. The van der Waals surface area contributed by atoms with Crippen molar-refractivity contribution in [1.82, 2.24) is 19.6 Å². The van der Waals surface area contributed by atoms with Crippen LogP contribution in [0.2, 0.25) is 0 Å². The number of rotatable bonds is 24. The SMILES string of the molecule is C=CC(CC)(CCCCOCCCCC(CC)(CC)CCCCN1C(=O)CN(CC)C1=O)CCN1C(=O)CN(CC)C1=O. The lowest BCUT2D eigenvalue weighted by atomic mass is 9.74. The lowest BCUT2D eigenvalue weighted by molar-refractivity contribution is -0.126. The molecule has 0 aromatic carbocycles. The van der Waals surface area contributed by atoms with Crippen LogP contribution < -0.4 is 0 Å². The van der Waals surface area contributed by atoms with Crippen molar-refractivity contribution in [3.63, 3.8) is 0 Å². The van der Waals surface area contributed by atoms with Crippen molar-refractivity contribution >= 4 is 23.9 Å². The zero-order valence-corrected chi connectivity index (χ0v) is 28.0. The van der Waals surface area contributed by atoms with Crippen LogP contribution in [0.25, 0.3) is 0 Å². The molecule has 0 bridgehead atoms. The second-order valence-electron chi connectivity index (χ2n) is 12.5. The van der Waals surface area contributed by atoms with Crippen molar-refractivity contribution in [3.8, 4) is 0 Å². The molecule has 1 unspecified atom stereocenters. The number of hydrogen-bond donors (Lipinski definition) is 0.